The monoisotopic (exact) mass is 270 g/mol. The topological polar surface area (TPSA) is 46.5 Å². The number of ketones is 1. The number of aliphatic hydroxyl groups is 1. The molecule has 0 heterocycles. The molecular formula is C17H18O3. The molecule has 2 rings (SSSR count). The van der Waals surface area contributed by atoms with Crippen LogP contribution in [0, 0.1) is 0 Å². The molecule has 0 amide bonds. The van der Waals surface area contributed by atoms with Crippen molar-refractivity contribution in [3.8, 4) is 5.75 Å². The number of Topliss-reactive ketones (excluding diaryl/α,β-unsaturated/α-hetero) is 1. The Labute approximate surface area is 118 Å². The molecule has 2 atom stereocenters. The number of carbonyl (C=O) groups excluding carboxylic acids is 1. The number of ether oxygens (including phenoxy) is 1. The summed E-state index contributed by atoms with van der Waals surface area (Å²) in [6.45, 7) is 1.84. The van der Waals surface area contributed by atoms with Gasteiger partial charge in [0.15, 0.2) is 5.78 Å². The molecule has 0 aliphatic heterocycles. The highest BCUT2D eigenvalue weighted by Crippen LogP contribution is 2.25. The maximum Gasteiger partial charge on any atom is 0.195 e. The van der Waals surface area contributed by atoms with E-state index in [2.05, 4.69) is 0 Å². The highest BCUT2D eigenvalue weighted by atomic mass is 16.5. The second kappa shape index (κ2) is 6.35. The fraction of sp³-hybridized carbons (Fsp3) is 0.235. The van der Waals surface area contributed by atoms with Crippen LogP contribution in [0.2, 0.25) is 0 Å². The maximum atomic E-state index is 12.4. The fourth-order valence-electron chi connectivity index (χ4n) is 2.17. The number of para-hydroxylation sites is 1. The van der Waals surface area contributed by atoms with Crippen molar-refractivity contribution in [2.75, 3.05) is 7.11 Å². The van der Waals surface area contributed by atoms with E-state index in [0.717, 1.165) is 5.56 Å². The molecule has 3 nitrogen and oxygen atoms in total. The third-order valence-electron chi connectivity index (χ3n) is 3.44. The van der Waals surface area contributed by atoms with Gasteiger partial charge in [-0.25, -0.2) is 0 Å². The van der Waals surface area contributed by atoms with Crippen molar-refractivity contribution in [3.63, 3.8) is 0 Å². The van der Waals surface area contributed by atoms with Crippen LogP contribution >= 0.6 is 0 Å². The third kappa shape index (κ3) is 2.89. The number of methoxy groups -OCH3 is 1. The molecule has 2 aromatic carbocycles. The Morgan fingerprint density at radius 2 is 1.65 bits per heavy atom. The van der Waals surface area contributed by atoms with Gasteiger partial charge in [-0.2, -0.15) is 0 Å². The number of hydrogen-bond acceptors (Lipinski definition) is 3. The van der Waals surface area contributed by atoms with E-state index in [1.165, 1.54) is 7.11 Å². The quantitative estimate of drug-likeness (QED) is 0.849. The molecule has 20 heavy (non-hydrogen) atoms. The van der Waals surface area contributed by atoms with Gasteiger partial charge in [-0.1, -0.05) is 49.4 Å². The van der Waals surface area contributed by atoms with Crippen molar-refractivity contribution < 1.29 is 14.6 Å². The van der Waals surface area contributed by atoms with Crippen molar-refractivity contribution in [1.82, 2.24) is 0 Å². The van der Waals surface area contributed by atoms with E-state index in [-0.39, 0.29) is 11.7 Å². The predicted octanol–water partition coefficient (Wildman–Crippen LogP) is 3.04. The van der Waals surface area contributed by atoms with Gasteiger partial charge in [-0.05, 0) is 17.7 Å². The van der Waals surface area contributed by atoms with Gasteiger partial charge in [-0.15, -0.1) is 0 Å². The van der Waals surface area contributed by atoms with Crippen LogP contribution in [-0.2, 0) is 0 Å². The number of hydrogen-bond donors (Lipinski definition) is 1. The van der Waals surface area contributed by atoms with Gasteiger partial charge in [0.2, 0.25) is 0 Å². The summed E-state index contributed by atoms with van der Waals surface area (Å²) in [4.78, 5) is 12.4. The average molecular weight is 270 g/mol. The van der Waals surface area contributed by atoms with Gasteiger partial charge in [0.1, 0.15) is 11.9 Å². The Morgan fingerprint density at radius 1 is 1.05 bits per heavy atom. The minimum absolute atomic E-state index is 0.270. The van der Waals surface area contributed by atoms with Crippen LogP contribution in [0.4, 0.5) is 0 Å². The molecule has 1 N–H and O–H groups in total. The lowest BCUT2D eigenvalue weighted by Crippen LogP contribution is -2.27. The summed E-state index contributed by atoms with van der Waals surface area (Å²) in [5.41, 5.74) is 1.34. The molecule has 0 saturated carbocycles. The standard InChI is InChI=1S/C17H18O3/c1-12(13-8-4-3-5-9-13)16(18)17(19)14-10-6-7-11-15(14)20-2/h3-12,16,18H,1-2H3/t12-,16+/m0/s1. The molecule has 0 aliphatic rings. The number of benzene rings is 2. The van der Waals surface area contributed by atoms with E-state index in [1.807, 2.05) is 37.3 Å². The van der Waals surface area contributed by atoms with Gasteiger partial charge in [0, 0.05) is 5.92 Å². The first-order valence-corrected chi connectivity index (χ1v) is 6.55. The van der Waals surface area contributed by atoms with Crippen molar-refractivity contribution in [2.45, 2.75) is 18.9 Å². The van der Waals surface area contributed by atoms with Crippen LogP contribution in [0.15, 0.2) is 54.6 Å². The van der Waals surface area contributed by atoms with Gasteiger partial charge in [-0.3, -0.25) is 4.79 Å². The zero-order chi connectivity index (χ0) is 14.5. The van der Waals surface area contributed by atoms with Crippen molar-refractivity contribution >= 4 is 5.78 Å². The molecule has 0 aromatic heterocycles. The van der Waals surface area contributed by atoms with Crippen LogP contribution in [-0.4, -0.2) is 24.1 Å². The summed E-state index contributed by atoms with van der Waals surface area (Å²) in [6.07, 6.45) is -1.09. The lowest BCUT2D eigenvalue weighted by molar-refractivity contribution is 0.0698. The molecular weight excluding hydrogens is 252 g/mol. The van der Waals surface area contributed by atoms with Crippen LogP contribution in [0.25, 0.3) is 0 Å². The van der Waals surface area contributed by atoms with Crippen molar-refractivity contribution in [3.05, 3.63) is 65.7 Å². The average Bonchev–Trinajstić information content (AvgIpc) is 2.53. The van der Waals surface area contributed by atoms with Crippen LogP contribution in [0.5, 0.6) is 5.75 Å². The largest absolute Gasteiger partial charge is 0.496 e. The summed E-state index contributed by atoms with van der Waals surface area (Å²) in [6, 6.07) is 16.4. The van der Waals surface area contributed by atoms with E-state index in [1.54, 1.807) is 24.3 Å². The van der Waals surface area contributed by atoms with Gasteiger partial charge >= 0.3 is 0 Å². The molecule has 0 aliphatic carbocycles. The van der Waals surface area contributed by atoms with Crippen LogP contribution < -0.4 is 4.74 Å². The van der Waals surface area contributed by atoms with E-state index in [0.29, 0.717) is 11.3 Å². The van der Waals surface area contributed by atoms with E-state index in [4.69, 9.17) is 4.74 Å². The number of carbonyl (C=O) groups is 1. The van der Waals surface area contributed by atoms with E-state index in [9.17, 15) is 9.90 Å². The van der Waals surface area contributed by atoms with Gasteiger partial charge < -0.3 is 9.84 Å². The minimum atomic E-state index is -1.09. The normalized spacial score (nSPS) is 13.6. The number of rotatable bonds is 5. The smallest absolute Gasteiger partial charge is 0.195 e. The second-order valence-electron chi connectivity index (χ2n) is 4.71. The SMILES string of the molecule is COc1ccccc1C(=O)[C@H](O)[C@@H](C)c1ccccc1. The van der Waals surface area contributed by atoms with Crippen LogP contribution in [0.1, 0.15) is 28.8 Å². The molecule has 3 heteroatoms. The lowest BCUT2D eigenvalue weighted by Gasteiger charge is -2.19. The highest BCUT2D eigenvalue weighted by Gasteiger charge is 2.26. The van der Waals surface area contributed by atoms with Crippen molar-refractivity contribution in [2.24, 2.45) is 0 Å². The van der Waals surface area contributed by atoms with E-state index < -0.39 is 6.10 Å². The Kier molecular flexibility index (Phi) is 4.53. The Hall–Kier alpha value is -2.13. The summed E-state index contributed by atoms with van der Waals surface area (Å²) in [7, 11) is 1.51. The summed E-state index contributed by atoms with van der Waals surface area (Å²) in [5.74, 6) is -0.107. The molecule has 0 fully saturated rings. The molecule has 2 aromatic rings. The Morgan fingerprint density at radius 3 is 2.30 bits per heavy atom. The molecule has 0 saturated heterocycles. The Bertz CT molecular complexity index is 578. The maximum absolute atomic E-state index is 12.4. The summed E-state index contributed by atoms with van der Waals surface area (Å²) >= 11 is 0. The van der Waals surface area contributed by atoms with E-state index >= 15 is 0 Å². The van der Waals surface area contributed by atoms with Gasteiger partial charge in [0.25, 0.3) is 0 Å². The molecule has 0 radical (unpaired) electrons. The van der Waals surface area contributed by atoms with Crippen molar-refractivity contribution in [1.29, 1.82) is 0 Å². The summed E-state index contributed by atoms with van der Waals surface area (Å²) < 4.78 is 5.17. The lowest BCUT2D eigenvalue weighted by atomic mass is 9.90. The third-order valence-corrected chi connectivity index (χ3v) is 3.44. The zero-order valence-electron chi connectivity index (χ0n) is 11.6. The fourth-order valence-corrected chi connectivity index (χ4v) is 2.17. The minimum Gasteiger partial charge on any atom is -0.496 e. The molecule has 0 spiro atoms. The Balaban J connectivity index is 2.24. The first-order valence-electron chi connectivity index (χ1n) is 6.55. The zero-order valence-corrected chi connectivity index (χ0v) is 11.6. The second-order valence-corrected chi connectivity index (χ2v) is 4.71. The summed E-state index contributed by atoms with van der Waals surface area (Å²) in [5, 5.41) is 10.3. The molecule has 0 unspecified atom stereocenters. The molecule has 104 valence electrons. The predicted molar refractivity (Wildman–Crippen MR) is 78.2 cm³/mol. The first-order chi connectivity index (χ1) is 9.65. The van der Waals surface area contributed by atoms with Gasteiger partial charge in [0.05, 0.1) is 12.7 Å². The number of aliphatic hydroxyl groups excluding tert-OH is 1. The van der Waals surface area contributed by atoms with Crippen LogP contribution in [0.3, 0.4) is 0 Å². The highest BCUT2D eigenvalue weighted by molar-refractivity contribution is 6.02. The molecule has 0 bridgehead atoms. The first kappa shape index (κ1) is 14.3.